The number of benzene rings is 1. The van der Waals surface area contributed by atoms with Crippen molar-refractivity contribution in [3.63, 3.8) is 0 Å². The zero-order valence-corrected chi connectivity index (χ0v) is 18.1. The molecule has 1 atom stereocenters. The molecule has 2 fully saturated rings. The fourth-order valence-electron chi connectivity index (χ4n) is 4.05. The lowest BCUT2D eigenvalue weighted by Gasteiger charge is -2.32. The molecule has 1 aromatic heterocycles. The van der Waals surface area contributed by atoms with Gasteiger partial charge in [-0.15, -0.1) is 0 Å². The van der Waals surface area contributed by atoms with Crippen molar-refractivity contribution in [2.24, 2.45) is 0 Å². The van der Waals surface area contributed by atoms with E-state index in [4.69, 9.17) is 0 Å². The van der Waals surface area contributed by atoms with Gasteiger partial charge in [0.2, 0.25) is 10.0 Å². The number of β-amino-alcohol motifs (C(OH)–C–C–N with tert-alkyl or cyclic N) is 1. The maximum Gasteiger partial charge on any atom is 0.417 e. The number of aromatic nitrogens is 1. The molecule has 0 aliphatic carbocycles. The number of alkyl halides is 3. The molecule has 0 radical (unpaired) electrons. The summed E-state index contributed by atoms with van der Waals surface area (Å²) >= 11 is 0. The second kappa shape index (κ2) is 8.87. The second-order valence-electron chi connectivity index (χ2n) is 8.13. The van der Waals surface area contributed by atoms with Crippen LogP contribution in [0.4, 0.5) is 24.7 Å². The summed E-state index contributed by atoms with van der Waals surface area (Å²) in [4.78, 5) is 6.06. The molecule has 2 saturated heterocycles. The topological polar surface area (TPSA) is 85.8 Å². The van der Waals surface area contributed by atoms with Gasteiger partial charge >= 0.3 is 6.18 Å². The molecule has 2 aliphatic heterocycles. The highest BCUT2D eigenvalue weighted by molar-refractivity contribution is 7.89. The molecule has 32 heavy (non-hydrogen) atoms. The first kappa shape index (κ1) is 22.8. The van der Waals surface area contributed by atoms with Crippen LogP contribution in [0.5, 0.6) is 0 Å². The third-order valence-corrected chi connectivity index (χ3v) is 7.81. The van der Waals surface area contributed by atoms with E-state index in [1.165, 1.54) is 10.4 Å². The highest BCUT2D eigenvalue weighted by Gasteiger charge is 2.32. The molecule has 3 heterocycles. The summed E-state index contributed by atoms with van der Waals surface area (Å²) in [6, 6.07) is 8.88. The Hall–Kier alpha value is -2.37. The molecule has 174 valence electrons. The van der Waals surface area contributed by atoms with Crippen LogP contribution in [0.15, 0.2) is 47.5 Å². The Bertz CT molecular complexity index is 1020. The first-order valence-corrected chi connectivity index (χ1v) is 11.9. The first-order valence-electron chi connectivity index (χ1n) is 10.5. The number of pyridine rings is 1. The largest absolute Gasteiger partial charge is 0.417 e. The van der Waals surface area contributed by atoms with E-state index in [9.17, 15) is 26.7 Å². The standard InChI is InChI=1S/C21H25F3N4O3S/c22-21(23,24)15-1-6-20(25-13-15)26-16-7-11-28(12-8-16)32(30,31)19-4-2-17(3-5-19)27-10-9-18(29)14-27/h1-6,13,16,18,29H,7-12,14H2,(H,25,26)/t18-/m1/s1. The van der Waals surface area contributed by atoms with Crippen LogP contribution >= 0.6 is 0 Å². The molecule has 2 aliphatic rings. The van der Waals surface area contributed by atoms with Crippen molar-refractivity contribution < 1.29 is 26.7 Å². The van der Waals surface area contributed by atoms with Gasteiger partial charge in [0.25, 0.3) is 0 Å². The van der Waals surface area contributed by atoms with E-state index in [0.29, 0.717) is 44.7 Å². The van der Waals surface area contributed by atoms with Gasteiger partial charge in [-0.1, -0.05) is 0 Å². The molecular formula is C21H25F3N4O3S. The molecule has 2 N–H and O–H groups in total. The van der Waals surface area contributed by atoms with Crippen molar-refractivity contribution in [1.29, 1.82) is 0 Å². The maximum atomic E-state index is 13.0. The summed E-state index contributed by atoms with van der Waals surface area (Å²) in [6.07, 6.45) is -2.26. The summed E-state index contributed by atoms with van der Waals surface area (Å²) in [5.74, 6) is 0.335. The van der Waals surface area contributed by atoms with E-state index in [-0.39, 0.29) is 17.0 Å². The Morgan fingerprint density at radius 1 is 1.00 bits per heavy atom. The van der Waals surface area contributed by atoms with Gasteiger partial charge in [-0.3, -0.25) is 0 Å². The Morgan fingerprint density at radius 2 is 1.69 bits per heavy atom. The molecule has 0 saturated carbocycles. The molecule has 1 aromatic carbocycles. The molecule has 2 aromatic rings. The van der Waals surface area contributed by atoms with Crippen molar-refractivity contribution in [3.8, 4) is 0 Å². The van der Waals surface area contributed by atoms with Gasteiger partial charge in [-0.05, 0) is 55.7 Å². The smallest absolute Gasteiger partial charge is 0.391 e. The molecule has 11 heteroatoms. The lowest BCUT2D eigenvalue weighted by atomic mass is 10.1. The number of anilines is 2. The monoisotopic (exact) mass is 470 g/mol. The first-order chi connectivity index (χ1) is 15.1. The predicted octanol–water partition coefficient (Wildman–Crippen LogP) is 2.94. The van der Waals surface area contributed by atoms with Gasteiger partial charge < -0.3 is 15.3 Å². The molecule has 0 bridgehead atoms. The third-order valence-electron chi connectivity index (χ3n) is 5.90. The van der Waals surface area contributed by atoms with Gasteiger partial charge in [0.05, 0.1) is 16.6 Å². The van der Waals surface area contributed by atoms with Gasteiger partial charge in [-0.2, -0.15) is 17.5 Å². The Kier molecular flexibility index (Phi) is 6.33. The molecule has 0 unspecified atom stereocenters. The fourth-order valence-corrected chi connectivity index (χ4v) is 5.52. The van der Waals surface area contributed by atoms with Crippen LogP contribution in [0.25, 0.3) is 0 Å². The lowest BCUT2D eigenvalue weighted by Crippen LogP contribution is -2.42. The highest BCUT2D eigenvalue weighted by atomic mass is 32.2. The van der Waals surface area contributed by atoms with E-state index in [1.54, 1.807) is 24.3 Å². The van der Waals surface area contributed by atoms with Crippen LogP contribution in [0.3, 0.4) is 0 Å². The summed E-state index contributed by atoms with van der Waals surface area (Å²) in [5, 5.41) is 12.8. The number of rotatable bonds is 5. The summed E-state index contributed by atoms with van der Waals surface area (Å²) in [6.45, 7) is 1.89. The normalized spacial score (nSPS) is 21.1. The van der Waals surface area contributed by atoms with Crippen molar-refractivity contribution in [2.45, 2.75) is 42.5 Å². The SMILES string of the molecule is O=S(=O)(c1ccc(N2CC[C@@H](O)C2)cc1)N1CCC(Nc2ccc(C(F)(F)F)cn2)CC1. The number of aliphatic hydroxyl groups is 1. The van der Waals surface area contributed by atoms with Crippen molar-refractivity contribution in [3.05, 3.63) is 48.2 Å². The number of piperidine rings is 1. The minimum absolute atomic E-state index is 0.0744. The number of aliphatic hydroxyl groups excluding tert-OH is 1. The summed E-state index contributed by atoms with van der Waals surface area (Å²) < 4.78 is 65.4. The van der Waals surface area contributed by atoms with Crippen molar-refractivity contribution in [1.82, 2.24) is 9.29 Å². The van der Waals surface area contributed by atoms with E-state index in [0.717, 1.165) is 24.5 Å². The van der Waals surface area contributed by atoms with Crippen LogP contribution in [0, 0.1) is 0 Å². The number of sulfonamides is 1. The zero-order chi connectivity index (χ0) is 22.9. The maximum absolute atomic E-state index is 13.0. The average Bonchev–Trinajstić information content (AvgIpc) is 3.20. The van der Waals surface area contributed by atoms with Gasteiger partial charge in [0.15, 0.2) is 0 Å². The van der Waals surface area contributed by atoms with Crippen LogP contribution in [-0.4, -0.2) is 61.1 Å². The van der Waals surface area contributed by atoms with Crippen molar-refractivity contribution >= 4 is 21.5 Å². The Morgan fingerprint density at radius 3 is 2.22 bits per heavy atom. The molecule has 7 nitrogen and oxygen atoms in total. The van der Waals surface area contributed by atoms with Gasteiger partial charge in [-0.25, -0.2) is 13.4 Å². The van der Waals surface area contributed by atoms with Gasteiger partial charge in [0, 0.05) is 44.1 Å². The summed E-state index contributed by atoms with van der Waals surface area (Å²) in [5.41, 5.74) is 0.0725. The average molecular weight is 471 g/mol. The third kappa shape index (κ3) is 5.00. The minimum atomic E-state index is -4.43. The van der Waals surface area contributed by atoms with E-state index >= 15 is 0 Å². The fraction of sp³-hybridized carbons (Fsp3) is 0.476. The number of hydrogen-bond donors (Lipinski definition) is 2. The zero-order valence-electron chi connectivity index (χ0n) is 17.3. The lowest BCUT2D eigenvalue weighted by molar-refractivity contribution is -0.137. The quantitative estimate of drug-likeness (QED) is 0.699. The Labute approximate surface area is 184 Å². The van der Waals surface area contributed by atoms with Crippen LogP contribution < -0.4 is 10.2 Å². The van der Waals surface area contributed by atoms with Crippen LogP contribution in [0.2, 0.25) is 0 Å². The minimum Gasteiger partial charge on any atom is -0.391 e. The van der Waals surface area contributed by atoms with Crippen LogP contribution in [-0.2, 0) is 16.2 Å². The second-order valence-corrected chi connectivity index (χ2v) is 10.1. The van der Waals surface area contributed by atoms with Gasteiger partial charge in [0.1, 0.15) is 5.82 Å². The van der Waals surface area contributed by atoms with E-state index in [2.05, 4.69) is 10.3 Å². The number of nitrogens with one attached hydrogen (secondary N) is 1. The highest BCUT2D eigenvalue weighted by Crippen LogP contribution is 2.30. The summed E-state index contributed by atoms with van der Waals surface area (Å²) in [7, 11) is -3.63. The van der Waals surface area contributed by atoms with Crippen molar-refractivity contribution in [2.75, 3.05) is 36.4 Å². The number of nitrogens with zero attached hydrogens (tertiary/aromatic N) is 3. The van der Waals surface area contributed by atoms with E-state index in [1.807, 2.05) is 4.90 Å². The number of hydrogen-bond acceptors (Lipinski definition) is 6. The molecule has 0 amide bonds. The molecular weight excluding hydrogens is 445 g/mol. The molecule has 0 spiro atoms. The van der Waals surface area contributed by atoms with Crippen LogP contribution in [0.1, 0.15) is 24.8 Å². The number of halogens is 3. The Balaban J connectivity index is 1.34. The molecule has 4 rings (SSSR count). The predicted molar refractivity (Wildman–Crippen MR) is 114 cm³/mol. The van der Waals surface area contributed by atoms with E-state index < -0.39 is 21.8 Å².